The number of benzene rings is 1. The Kier molecular flexibility index (Phi) is 5.05. The van der Waals surface area contributed by atoms with Gasteiger partial charge < -0.3 is 15.0 Å². The SMILES string of the molecule is CN1CCCCC1CNc1cccc(OCC#N)c1. The molecule has 0 aromatic heterocycles. The molecule has 2 rings (SSSR count). The highest BCUT2D eigenvalue weighted by Gasteiger charge is 2.18. The van der Waals surface area contributed by atoms with Crippen LogP contribution in [0.4, 0.5) is 5.69 Å². The van der Waals surface area contributed by atoms with Gasteiger partial charge in [-0.2, -0.15) is 5.26 Å². The summed E-state index contributed by atoms with van der Waals surface area (Å²) in [5, 5.41) is 12.0. The van der Waals surface area contributed by atoms with E-state index >= 15 is 0 Å². The molecule has 1 saturated heterocycles. The minimum atomic E-state index is 0.0921. The fourth-order valence-electron chi connectivity index (χ4n) is 2.45. The Morgan fingerprint density at radius 2 is 2.37 bits per heavy atom. The molecule has 0 spiro atoms. The molecule has 1 aliphatic heterocycles. The predicted molar refractivity (Wildman–Crippen MR) is 76.3 cm³/mol. The molecule has 0 saturated carbocycles. The number of likely N-dealkylation sites (tertiary alicyclic amines) is 1. The lowest BCUT2D eigenvalue weighted by Crippen LogP contribution is -2.40. The number of anilines is 1. The van der Waals surface area contributed by atoms with Gasteiger partial charge in [0.25, 0.3) is 0 Å². The summed E-state index contributed by atoms with van der Waals surface area (Å²) < 4.78 is 5.30. The third-order valence-electron chi connectivity index (χ3n) is 3.60. The Bertz CT molecular complexity index is 441. The van der Waals surface area contributed by atoms with E-state index in [1.165, 1.54) is 25.8 Å². The van der Waals surface area contributed by atoms with Gasteiger partial charge in [-0.15, -0.1) is 0 Å². The van der Waals surface area contributed by atoms with Crippen molar-refractivity contribution in [2.75, 3.05) is 32.1 Å². The van der Waals surface area contributed by atoms with E-state index in [2.05, 4.69) is 17.3 Å². The molecule has 1 aromatic rings. The predicted octanol–water partition coefficient (Wildman–Crippen LogP) is 2.49. The van der Waals surface area contributed by atoms with Crippen molar-refractivity contribution in [3.63, 3.8) is 0 Å². The number of nitrogens with one attached hydrogen (secondary N) is 1. The third kappa shape index (κ3) is 4.15. The van der Waals surface area contributed by atoms with Crippen LogP contribution in [0.25, 0.3) is 0 Å². The normalized spacial score (nSPS) is 19.7. The van der Waals surface area contributed by atoms with E-state index in [1.54, 1.807) is 0 Å². The number of nitrogens with zero attached hydrogens (tertiary/aromatic N) is 2. The molecule has 1 atom stereocenters. The van der Waals surface area contributed by atoms with E-state index in [9.17, 15) is 0 Å². The van der Waals surface area contributed by atoms with Gasteiger partial charge in [-0.3, -0.25) is 0 Å². The average molecular weight is 259 g/mol. The fourth-order valence-corrected chi connectivity index (χ4v) is 2.45. The molecule has 0 amide bonds. The summed E-state index contributed by atoms with van der Waals surface area (Å²) in [5.74, 6) is 0.739. The van der Waals surface area contributed by atoms with Crippen molar-refractivity contribution in [2.45, 2.75) is 25.3 Å². The lowest BCUT2D eigenvalue weighted by atomic mass is 10.0. The van der Waals surface area contributed by atoms with Crippen molar-refractivity contribution >= 4 is 5.69 Å². The molecular weight excluding hydrogens is 238 g/mol. The van der Waals surface area contributed by atoms with Crippen LogP contribution in [-0.4, -0.2) is 37.7 Å². The molecular formula is C15H21N3O. The van der Waals surface area contributed by atoms with E-state index in [0.717, 1.165) is 18.0 Å². The zero-order chi connectivity index (χ0) is 13.5. The van der Waals surface area contributed by atoms with Crippen molar-refractivity contribution in [3.05, 3.63) is 24.3 Å². The van der Waals surface area contributed by atoms with Crippen molar-refractivity contribution < 1.29 is 4.74 Å². The molecule has 1 aliphatic rings. The van der Waals surface area contributed by atoms with Crippen LogP contribution in [0.5, 0.6) is 5.75 Å². The number of hydrogen-bond donors (Lipinski definition) is 1. The molecule has 0 radical (unpaired) electrons. The summed E-state index contributed by atoms with van der Waals surface area (Å²) in [6.07, 6.45) is 3.89. The smallest absolute Gasteiger partial charge is 0.174 e. The van der Waals surface area contributed by atoms with Crippen LogP contribution < -0.4 is 10.1 Å². The van der Waals surface area contributed by atoms with Gasteiger partial charge >= 0.3 is 0 Å². The van der Waals surface area contributed by atoms with Gasteiger partial charge in [0.1, 0.15) is 11.8 Å². The maximum absolute atomic E-state index is 8.50. The van der Waals surface area contributed by atoms with E-state index in [0.29, 0.717) is 6.04 Å². The first-order valence-electron chi connectivity index (χ1n) is 6.83. The number of nitriles is 1. The summed E-state index contributed by atoms with van der Waals surface area (Å²) in [6, 6.07) is 10.4. The first-order chi connectivity index (χ1) is 9.29. The Morgan fingerprint density at radius 1 is 1.47 bits per heavy atom. The number of piperidine rings is 1. The summed E-state index contributed by atoms with van der Waals surface area (Å²) in [6.45, 7) is 2.24. The van der Waals surface area contributed by atoms with Crippen LogP contribution in [0.15, 0.2) is 24.3 Å². The molecule has 1 fully saturated rings. The summed E-state index contributed by atoms with van der Waals surface area (Å²) in [4.78, 5) is 2.42. The molecule has 19 heavy (non-hydrogen) atoms. The van der Waals surface area contributed by atoms with Gasteiger partial charge in [0.15, 0.2) is 6.61 Å². The maximum atomic E-state index is 8.50. The third-order valence-corrected chi connectivity index (χ3v) is 3.60. The largest absolute Gasteiger partial charge is 0.479 e. The van der Waals surface area contributed by atoms with Crippen molar-refractivity contribution in [1.29, 1.82) is 5.26 Å². The topological polar surface area (TPSA) is 48.3 Å². The summed E-state index contributed by atoms with van der Waals surface area (Å²) in [5.41, 5.74) is 1.05. The van der Waals surface area contributed by atoms with E-state index in [-0.39, 0.29) is 6.61 Å². The highest BCUT2D eigenvalue weighted by molar-refractivity contribution is 5.48. The molecule has 1 unspecified atom stereocenters. The molecule has 4 heteroatoms. The van der Waals surface area contributed by atoms with Gasteiger partial charge in [0.2, 0.25) is 0 Å². The second kappa shape index (κ2) is 7.01. The van der Waals surface area contributed by atoms with Crippen LogP contribution in [0.3, 0.4) is 0 Å². The van der Waals surface area contributed by atoms with E-state index < -0.39 is 0 Å². The molecule has 4 nitrogen and oxygen atoms in total. The van der Waals surface area contributed by atoms with Gasteiger partial charge in [0, 0.05) is 24.3 Å². The minimum Gasteiger partial charge on any atom is -0.479 e. The van der Waals surface area contributed by atoms with Crippen LogP contribution in [0.2, 0.25) is 0 Å². The van der Waals surface area contributed by atoms with Gasteiger partial charge in [-0.25, -0.2) is 0 Å². The first kappa shape index (κ1) is 13.7. The molecule has 0 bridgehead atoms. The number of rotatable bonds is 5. The zero-order valence-corrected chi connectivity index (χ0v) is 11.4. The first-order valence-corrected chi connectivity index (χ1v) is 6.83. The number of ether oxygens (including phenoxy) is 1. The Balaban J connectivity index is 1.86. The highest BCUT2D eigenvalue weighted by Crippen LogP contribution is 2.19. The average Bonchev–Trinajstić information content (AvgIpc) is 2.45. The maximum Gasteiger partial charge on any atom is 0.174 e. The summed E-state index contributed by atoms with van der Waals surface area (Å²) >= 11 is 0. The monoisotopic (exact) mass is 259 g/mol. The Morgan fingerprint density at radius 3 is 3.16 bits per heavy atom. The van der Waals surface area contributed by atoms with E-state index in [1.807, 2.05) is 30.3 Å². The van der Waals surface area contributed by atoms with Gasteiger partial charge in [-0.1, -0.05) is 12.5 Å². The Labute approximate surface area is 115 Å². The lowest BCUT2D eigenvalue weighted by Gasteiger charge is -2.32. The van der Waals surface area contributed by atoms with Gasteiger partial charge in [0.05, 0.1) is 0 Å². The number of hydrogen-bond acceptors (Lipinski definition) is 4. The van der Waals surface area contributed by atoms with Crippen molar-refractivity contribution in [2.24, 2.45) is 0 Å². The van der Waals surface area contributed by atoms with Crippen molar-refractivity contribution in [3.8, 4) is 11.8 Å². The standard InChI is InChI=1S/C15H21N3O/c1-18-9-3-2-6-14(18)12-17-13-5-4-7-15(11-13)19-10-8-16/h4-5,7,11,14,17H,2-3,6,9-10,12H2,1H3. The van der Waals surface area contributed by atoms with Gasteiger partial charge in [-0.05, 0) is 38.6 Å². The van der Waals surface area contributed by atoms with Crippen LogP contribution >= 0.6 is 0 Å². The molecule has 102 valence electrons. The van der Waals surface area contributed by atoms with Crippen LogP contribution in [-0.2, 0) is 0 Å². The highest BCUT2D eigenvalue weighted by atomic mass is 16.5. The fraction of sp³-hybridized carbons (Fsp3) is 0.533. The van der Waals surface area contributed by atoms with E-state index in [4.69, 9.17) is 10.00 Å². The molecule has 1 N–H and O–H groups in total. The Hall–Kier alpha value is -1.73. The lowest BCUT2D eigenvalue weighted by molar-refractivity contribution is 0.194. The van der Waals surface area contributed by atoms with Crippen LogP contribution in [0, 0.1) is 11.3 Å². The molecule has 0 aliphatic carbocycles. The molecule has 1 aromatic carbocycles. The van der Waals surface area contributed by atoms with Crippen LogP contribution in [0.1, 0.15) is 19.3 Å². The molecule has 1 heterocycles. The zero-order valence-electron chi connectivity index (χ0n) is 11.4. The quantitative estimate of drug-likeness (QED) is 0.882. The second-order valence-corrected chi connectivity index (χ2v) is 4.99. The minimum absolute atomic E-state index is 0.0921. The summed E-state index contributed by atoms with van der Waals surface area (Å²) in [7, 11) is 2.19. The van der Waals surface area contributed by atoms with Crippen molar-refractivity contribution in [1.82, 2.24) is 4.90 Å². The number of likely N-dealkylation sites (N-methyl/N-ethyl adjacent to an activating group) is 1. The second-order valence-electron chi connectivity index (χ2n) is 4.99.